The van der Waals surface area contributed by atoms with Gasteiger partial charge >= 0.3 is 6.18 Å². The molecule has 4 unspecified atom stereocenters. The van der Waals surface area contributed by atoms with E-state index in [1.165, 1.54) is 61.4 Å². The topological polar surface area (TPSA) is 90.1 Å². The minimum atomic E-state index is -4.64. The summed E-state index contributed by atoms with van der Waals surface area (Å²) in [6, 6.07) is 18.1. The van der Waals surface area contributed by atoms with Crippen molar-refractivity contribution in [2.45, 2.75) is 145 Å². The van der Waals surface area contributed by atoms with Gasteiger partial charge in [-0.2, -0.15) is 13.2 Å². The summed E-state index contributed by atoms with van der Waals surface area (Å²) in [5.74, 6) is -1.03. The van der Waals surface area contributed by atoms with Gasteiger partial charge < -0.3 is 34.9 Å². The van der Waals surface area contributed by atoms with E-state index in [0.717, 1.165) is 93.3 Å². The molecular formula is C57H68Cl2F11N3O5. The van der Waals surface area contributed by atoms with E-state index >= 15 is 0 Å². The highest BCUT2D eigenvalue weighted by molar-refractivity contribution is 6.40. The van der Waals surface area contributed by atoms with Crippen molar-refractivity contribution in [2.75, 3.05) is 51.4 Å². The molecule has 1 aliphatic carbocycles. The number of benzene rings is 4. The summed E-state index contributed by atoms with van der Waals surface area (Å²) in [5, 5.41) is 10.3. The molecule has 8 aliphatic rings. The molecule has 21 heteroatoms. The average Bonchev–Trinajstić information content (AvgIpc) is 4.31. The predicted octanol–water partition coefficient (Wildman–Crippen LogP) is 14.9. The lowest BCUT2D eigenvalue weighted by Crippen LogP contribution is -2.34. The molecule has 0 spiro atoms. The van der Waals surface area contributed by atoms with Crippen LogP contribution >= 0.6 is 23.2 Å². The molecule has 7 aliphatic heterocycles. The lowest BCUT2D eigenvalue weighted by atomic mass is 9.88. The summed E-state index contributed by atoms with van der Waals surface area (Å²) >= 11 is 9.53. The first-order valence-corrected chi connectivity index (χ1v) is 27.1. The van der Waals surface area contributed by atoms with Gasteiger partial charge in [-0.1, -0.05) is 44.5 Å². The van der Waals surface area contributed by atoms with E-state index in [4.69, 9.17) is 46.9 Å². The van der Waals surface area contributed by atoms with E-state index < -0.39 is 37.1 Å². The van der Waals surface area contributed by atoms with Crippen LogP contribution < -0.4 is 16.0 Å². The highest BCUT2D eigenvalue weighted by atomic mass is 35.5. The Balaban J connectivity index is 0.000000159. The van der Waals surface area contributed by atoms with Crippen LogP contribution in [-0.2, 0) is 23.7 Å². The molecule has 0 radical (unpaired) electrons. The molecule has 0 aromatic heterocycles. The highest BCUT2D eigenvalue weighted by Crippen LogP contribution is 2.45. The number of fused-ring (bicyclic) bond motifs is 4. The van der Waals surface area contributed by atoms with Gasteiger partial charge in [-0.3, -0.25) is 4.79 Å². The third-order valence-corrected chi connectivity index (χ3v) is 14.8. The molecule has 0 amide bonds. The molecular weight excluding hydrogens is 1090 g/mol. The van der Waals surface area contributed by atoms with Crippen molar-refractivity contribution in [2.24, 2.45) is 5.92 Å². The van der Waals surface area contributed by atoms with Crippen LogP contribution in [0.4, 0.5) is 48.3 Å². The van der Waals surface area contributed by atoms with Gasteiger partial charge in [0.05, 0.1) is 56.2 Å². The molecule has 4 aromatic carbocycles. The van der Waals surface area contributed by atoms with Gasteiger partial charge in [-0.15, -0.1) is 23.2 Å². The maximum absolute atomic E-state index is 13.7. The van der Waals surface area contributed by atoms with E-state index in [0.29, 0.717) is 28.2 Å². The fraction of sp³-hybridized carbons (Fsp3) is 0.561. The van der Waals surface area contributed by atoms with Crippen LogP contribution in [0.15, 0.2) is 72.8 Å². The Bertz CT molecular complexity index is 2180. The summed E-state index contributed by atoms with van der Waals surface area (Å²) in [7, 11) is 0. The van der Waals surface area contributed by atoms with E-state index in [-0.39, 0.29) is 105 Å². The SMILES string of the molecule is C.ClCCl.Fc1ccc2c(c1)C(F)COC2C1CCCC1.Fc1ccc2c(c1)C(F)COC2[C@@H]1CCCN1.Fc1ccc2c(c1)[C@@H](F)CO[C@H]2[C@@H]1CCCN1.Fc1ccc2c(c1)[C@H](F)CO[C@H]2[C@@H]1CCCN1.O=CC(F)(F)F. The van der Waals surface area contributed by atoms with Crippen molar-refractivity contribution in [1.82, 2.24) is 16.0 Å². The van der Waals surface area contributed by atoms with E-state index in [1.54, 1.807) is 24.3 Å². The molecule has 4 fully saturated rings. The number of hydrogen-bond acceptors (Lipinski definition) is 8. The Kier molecular flexibility index (Phi) is 24.5. The summed E-state index contributed by atoms with van der Waals surface area (Å²) in [6.45, 7) is 3.07. The zero-order chi connectivity index (χ0) is 55.2. The Morgan fingerprint density at radius 1 is 0.449 bits per heavy atom. The lowest BCUT2D eigenvalue weighted by Gasteiger charge is -2.32. The lowest BCUT2D eigenvalue weighted by molar-refractivity contribution is -0.156. The van der Waals surface area contributed by atoms with Crippen LogP contribution in [0.1, 0.15) is 165 Å². The molecule has 78 heavy (non-hydrogen) atoms. The first-order chi connectivity index (χ1) is 37.0. The molecule has 12 rings (SSSR count). The van der Waals surface area contributed by atoms with E-state index in [9.17, 15) is 48.3 Å². The molecule has 3 N–H and O–H groups in total. The van der Waals surface area contributed by atoms with Crippen molar-refractivity contribution in [3.8, 4) is 0 Å². The number of nitrogens with one attached hydrogen (secondary N) is 3. The normalized spacial score (nSPS) is 28.7. The molecule has 432 valence electrons. The van der Waals surface area contributed by atoms with E-state index in [2.05, 4.69) is 16.0 Å². The van der Waals surface area contributed by atoms with Crippen molar-refractivity contribution in [3.05, 3.63) is 141 Å². The van der Waals surface area contributed by atoms with Crippen LogP contribution in [0.3, 0.4) is 0 Å². The van der Waals surface area contributed by atoms with E-state index in [1.807, 2.05) is 0 Å². The van der Waals surface area contributed by atoms with Gasteiger partial charge in [0.15, 0.2) is 0 Å². The standard InChI is InChI=1S/C14H16F2O.3C13H15F2NO.C2HF3O.CH2Cl2.CH4/c15-10-5-6-11-12(7-10)13(16)8-17-14(11)9-3-1-2-4-9;3*14-8-3-4-9-10(6-8)11(15)7-17-13(9)12-2-1-5-16-12;3-2(4,5)1-6;2-1-3;/h5-7,9,13-14H,1-4,8H2;3*3-4,6,11-13,16H,1-2,5,7H2;1H;1H2;1H4/t;11?,12-,13?;11-,12+,13-;11-,12-,13+;;;/m.010.../s1. The number of hydrogen-bond donors (Lipinski definition) is 3. The Hall–Kier alpha value is -3.92. The molecule has 11 atom stereocenters. The second-order valence-electron chi connectivity index (χ2n) is 19.9. The van der Waals surface area contributed by atoms with Crippen LogP contribution in [0, 0.1) is 29.2 Å². The van der Waals surface area contributed by atoms with Gasteiger partial charge in [0.25, 0.3) is 0 Å². The fourth-order valence-electron chi connectivity index (χ4n) is 11.3. The quantitative estimate of drug-likeness (QED) is 0.106. The molecule has 0 bridgehead atoms. The smallest absolute Gasteiger partial charge is 0.370 e. The number of ether oxygens (including phenoxy) is 4. The van der Waals surface area contributed by atoms with Gasteiger partial charge in [-0.05, 0) is 170 Å². The Morgan fingerprint density at radius 2 is 0.705 bits per heavy atom. The number of carbonyl (C=O) groups excluding carboxylic acids is 1. The van der Waals surface area contributed by atoms with Gasteiger partial charge in [0, 0.05) is 18.1 Å². The maximum atomic E-state index is 13.7. The summed E-state index contributed by atoms with van der Waals surface area (Å²) in [5.41, 5.74) is 5.10. The zero-order valence-corrected chi connectivity index (χ0v) is 43.6. The van der Waals surface area contributed by atoms with Crippen molar-refractivity contribution in [1.29, 1.82) is 0 Å². The first kappa shape index (κ1) is 63.3. The van der Waals surface area contributed by atoms with Gasteiger partial charge in [0.2, 0.25) is 6.29 Å². The molecule has 7 heterocycles. The number of aldehydes is 1. The second-order valence-corrected chi connectivity index (χ2v) is 20.7. The minimum Gasteiger partial charge on any atom is -0.370 e. The highest BCUT2D eigenvalue weighted by Gasteiger charge is 2.38. The monoisotopic (exact) mass is 1150 g/mol. The third kappa shape index (κ3) is 16.8. The van der Waals surface area contributed by atoms with Crippen LogP contribution in [-0.4, -0.2) is 82.0 Å². The third-order valence-electron chi connectivity index (χ3n) is 14.8. The molecule has 8 nitrogen and oxygen atoms in total. The minimum absolute atomic E-state index is 0. The number of alkyl halides is 9. The van der Waals surface area contributed by atoms with Crippen LogP contribution in [0.2, 0.25) is 0 Å². The molecule has 4 aromatic rings. The summed E-state index contributed by atoms with van der Waals surface area (Å²) in [4.78, 5) is 8.70. The van der Waals surface area contributed by atoms with Crippen molar-refractivity contribution < 1.29 is 72.0 Å². The predicted molar refractivity (Wildman–Crippen MR) is 276 cm³/mol. The first-order valence-electron chi connectivity index (χ1n) is 26.0. The zero-order valence-electron chi connectivity index (χ0n) is 42.1. The molecule has 1 saturated carbocycles. The largest absolute Gasteiger partial charge is 0.446 e. The number of halogens is 13. The van der Waals surface area contributed by atoms with Crippen molar-refractivity contribution >= 4 is 29.5 Å². The van der Waals surface area contributed by atoms with Crippen molar-refractivity contribution in [3.63, 3.8) is 0 Å². The maximum Gasteiger partial charge on any atom is 0.446 e. The van der Waals surface area contributed by atoms with Crippen LogP contribution in [0.5, 0.6) is 0 Å². The summed E-state index contributed by atoms with van der Waals surface area (Å²) < 4.78 is 161. The average molecular weight is 1160 g/mol. The van der Waals surface area contributed by atoms with Crippen LogP contribution in [0.25, 0.3) is 0 Å². The second kappa shape index (κ2) is 30.2. The van der Waals surface area contributed by atoms with Gasteiger partial charge in [0.1, 0.15) is 48.0 Å². The number of rotatable bonds is 4. The Morgan fingerprint density at radius 3 is 0.949 bits per heavy atom. The molecule has 3 saturated heterocycles. The summed E-state index contributed by atoms with van der Waals surface area (Å²) in [6.07, 6.45) is 0.175. The number of carbonyl (C=O) groups is 1. The fourth-order valence-corrected chi connectivity index (χ4v) is 11.3. The Labute approximate surface area is 458 Å². The van der Waals surface area contributed by atoms with Gasteiger partial charge in [-0.25, -0.2) is 35.1 Å².